The van der Waals surface area contributed by atoms with E-state index in [1.807, 2.05) is 12.3 Å². The van der Waals surface area contributed by atoms with E-state index in [2.05, 4.69) is 26.2 Å². The number of nitrogens with zero attached hydrogens (tertiary/aromatic N) is 1. The Morgan fingerprint density at radius 1 is 1.42 bits per heavy atom. The van der Waals surface area contributed by atoms with Crippen molar-refractivity contribution in [3.05, 3.63) is 28.5 Å². The summed E-state index contributed by atoms with van der Waals surface area (Å²) in [5.74, 6) is 0.566. The number of nitrogens with one attached hydrogen (secondary N) is 1. The topological polar surface area (TPSA) is 51.2 Å². The average Bonchev–Trinajstić information content (AvgIpc) is 3.09. The van der Waals surface area contributed by atoms with E-state index < -0.39 is 0 Å². The molecule has 1 saturated carbocycles. The molecule has 2 atom stereocenters. The SMILES string of the molecule is O=C(NC(c1cncc(Br)c1)C1CC1)C1CCCO1. The van der Waals surface area contributed by atoms with Gasteiger partial charge in [0.25, 0.3) is 0 Å². The molecule has 4 nitrogen and oxygen atoms in total. The molecule has 1 amide bonds. The third kappa shape index (κ3) is 3.15. The van der Waals surface area contributed by atoms with Crippen LogP contribution < -0.4 is 5.32 Å². The molecule has 102 valence electrons. The summed E-state index contributed by atoms with van der Waals surface area (Å²) >= 11 is 3.43. The van der Waals surface area contributed by atoms with Gasteiger partial charge in [0.05, 0.1) is 6.04 Å². The van der Waals surface area contributed by atoms with Crippen molar-refractivity contribution in [1.82, 2.24) is 10.3 Å². The Balaban J connectivity index is 1.72. The summed E-state index contributed by atoms with van der Waals surface area (Å²) in [7, 11) is 0. The van der Waals surface area contributed by atoms with Gasteiger partial charge in [-0.05, 0) is 59.2 Å². The maximum absolute atomic E-state index is 12.2. The van der Waals surface area contributed by atoms with Crippen molar-refractivity contribution in [2.45, 2.75) is 37.8 Å². The predicted octanol–water partition coefficient (Wildman–Crippen LogP) is 2.59. The van der Waals surface area contributed by atoms with E-state index in [4.69, 9.17) is 4.74 Å². The largest absolute Gasteiger partial charge is 0.368 e. The number of pyridine rings is 1. The Hall–Kier alpha value is -0.940. The third-order valence-corrected chi connectivity index (χ3v) is 4.13. The van der Waals surface area contributed by atoms with Crippen molar-refractivity contribution >= 4 is 21.8 Å². The van der Waals surface area contributed by atoms with Gasteiger partial charge in [0.1, 0.15) is 6.10 Å². The molecule has 0 aromatic carbocycles. The van der Waals surface area contributed by atoms with Crippen molar-refractivity contribution in [1.29, 1.82) is 0 Å². The summed E-state index contributed by atoms with van der Waals surface area (Å²) in [4.78, 5) is 16.4. The summed E-state index contributed by atoms with van der Waals surface area (Å²) in [5.41, 5.74) is 1.07. The predicted molar refractivity (Wildman–Crippen MR) is 74.5 cm³/mol. The summed E-state index contributed by atoms with van der Waals surface area (Å²) in [6, 6.07) is 2.10. The molecule has 2 heterocycles. The lowest BCUT2D eigenvalue weighted by Gasteiger charge is -2.20. The van der Waals surface area contributed by atoms with Crippen LogP contribution in [0.25, 0.3) is 0 Å². The monoisotopic (exact) mass is 324 g/mol. The van der Waals surface area contributed by atoms with Crippen LogP contribution in [-0.4, -0.2) is 23.6 Å². The zero-order valence-corrected chi connectivity index (χ0v) is 12.2. The number of hydrogen-bond donors (Lipinski definition) is 1. The molecule has 0 radical (unpaired) electrons. The van der Waals surface area contributed by atoms with Gasteiger partial charge in [-0.1, -0.05) is 0 Å². The quantitative estimate of drug-likeness (QED) is 0.926. The first-order valence-electron chi connectivity index (χ1n) is 6.76. The lowest BCUT2D eigenvalue weighted by Crippen LogP contribution is -2.37. The molecule has 1 aliphatic heterocycles. The molecular formula is C14H17BrN2O2. The number of carbonyl (C=O) groups is 1. The van der Waals surface area contributed by atoms with E-state index >= 15 is 0 Å². The molecule has 2 aliphatic rings. The summed E-state index contributed by atoms with van der Waals surface area (Å²) in [6.45, 7) is 0.699. The number of ether oxygens (including phenoxy) is 1. The van der Waals surface area contributed by atoms with E-state index in [0.717, 1.165) is 22.9 Å². The van der Waals surface area contributed by atoms with Crippen LogP contribution in [0.2, 0.25) is 0 Å². The van der Waals surface area contributed by atoms with Crippen LogP contribution in [0.15, 0.2) is 22.9 Å². The highest BCUT2D eigenvalue weighted by Gasteiger charge is 2.35. The molecule has 1 N–H and O–H groups in total. The minimum absolute atomic E-state index is 0.0226. The van der Waals surface area contributed by atoms with E-state index in [9.17, 15) is 4.79 Å². The first-order chi connectivity index (χ1) is 9.24. The van der Waals surface area contributed by atoms with Crippen LogP contribution in [-0.2, 0) is 9.53 Å². The fourth-order valence-electron chi connectivity index (χ4n) is 2.53. The van der Waals surface area contributed by atoms with Crippen molar-refractivity contribution in [3.8, 4) is 0 Å². The fourth-order valence-corrected chi connectivity index (χ4v) is 2.91. The van der Waals surface area contributed by atoms with Crippen molar-refractivity contribution in [3.63, 3.8) is 0 Å². The van der Waals surface area contributed by atoms with Crippen LogP contribution in [0.5, 0.6) is 0 Å². The molecule has 19 heavy (non-hydrogen) atoms. The Morgan fingerprint density at radius 2 is 2.26 bits per heavy atom. The molecule has 2 fully saturated rings. The summed E-state index contributed by atoms with van der Waals surface area (Å²) < 4.78 is 6.38. The van der Waals surface area contributed by atoms with E-state index in [1.165, 1.54) is 12.8 Å². The second-order valence-electron chi connectivity index (χ2n) is 5.26. The van der Waals surface area contributed by atoms with Crippen LogP contribution >= 0.6 is 15.9 Å². The molecular weight excluding hydrogens is 308 g/mol. The zero-order chi connectivity index (χ0) is 13.2. The van der Waals surface area contributed by atoms with Gasteiger partial charge in [0.2, 0.25) is 5.91 Å². The highest BCUT2D eigenvalue weighted by Crippen LogP contribution is 2.41. The van der Waals surface area contributed by atoms with Gasteiger partial charge < -0.3 is 10.1 Å². The van der Waals surface area contributed by atoms with Gasteiger partial charge in [-0.2, -0.15) is 0 Å². The minimum Gasteiger partial charge on any atom is -0.368 e. The molecule has 2 unspecified atom stereocenters. The van der Waals surface area contributed by atoms with Crippen LogP contribution in [0.1, 0.15) is 37.3 Å². The first kappa shape index (κ1) is 13.1. The molecule has 5 heteroatoms. The normalized spacial score (nSPS) is 24.2. The standard InChI is InChI=1S/C14H17BrN2O2/c15-11-6-10(7-16-8-11)13(9-3-4-9)17-14(18)12-2-1-5-19-12/h6-9,12-13H,1-5H2,(H,17,18). The molecule has 1 aromatic rings. The maximum Gasteiger partial charge on any atom is 0.249 e. The number of rotatable bonds is 4. The van der Waals surface area contributed by atoms with E-state index in [-0.39, 0.29) is 18.1 Å². The van der Waals surface area contributed by atoms with Crippen LogP contribution in [0, 0.1) is 5.92 Å². The molecule has 0 bridgehead atoms. The minimum atomic E-state index is -0.263. The molecule has 0 spiro atoms. The second kappa shape index (κ2) is 5.59. The van der Waals surface area contributed by atoms with Gasteiger partial charge in [0.15, 0.2) is 0 Å². The van der Waals surface area contributed by atoms with Crippen molar-refractivity contribution in [2.75, 3.05) is 6.61 Å². The van der Waals surface area contributed by atoms with Gasteiger partial charge in [0, 0.05) is 23.5 Å². The van der Waals surface area contributed by atoms with Crippen LogP contribution in [0.4, 0.5) is 0 Å². The first-order valence-corrected chi connectivity index (χ1v) is 7.56. The summed E-state index contributed by atoms with van der Waals surface area (Å²) in [6.07, 6.45) is 7.48. The van der Waals surface area contributed by atoms with Gasteiger partial charge in [-0.15, -0.1) is 0 Å². The fraction of sp³-hybridized carbons (Fsp3) is 0.571. The van der Waals surface area contributed by atoms with E-state index in [0.29, 0.717) is 12.5 Å². The molecule has 3 rings (SSSR count). The third-order valence-electron chi connectivity index (χ3n) is 3.70. The molecule has 1 aromatic heterocycles. The summed E-state index contributed by atoms with van der Waals surface area (Å²) in [5, 5.41) is 3.14. The lowest BCUT2D eigenvalue weighted by atomic mass is 10.0. The number of amides is 1. The Bertz CT molecular complexity index is 470. The highest BCUT2D eigenvalue weighted by molar-refractivity contribution is 9.10. The van der Waals surface area contributed by atoms with Gasteiger partial charge in [-0.25, -0.2) is 0 Å². The average molecular weight is 325 g/mol. The number of aromatic nitrogens is 1. The van der Waals surface area contributed by atoms with Gasteiger partial charge >= 0.3 is 0 Å². The Kier molecular flexibility index (Phi) is 3.84. The Morgan fingerprint density at radius 3 is 2.89 bits per heavy atom. The Labute approximate surface area is 121 Å². The zero-order valence-electron chi connectivity index (χ0n) is 10.6. The van der Waals surface area contributed by atoms with E-state index in [1.54, 1.807) is 6.20 Å². The highest BCUT2D eigenvalue weighted by atomic mass is 79.9. The van der Waals surface area contributed by atoms with Crippen LogP contribution in [0.3, 0.4) is 0 Å². The molecule has 1 saturated heterocycles. The maximum atomic E-state index is 12.2. The number of halogens is 1. The smallest absolute Gasteiger partial charge is 0.249 e. The molecule has 1 aliphatic carbocycles. The lowest BCUT2D eigenvalue weighted by molar-refractivity contribution is -0.131. The second-order valence-corrected chi connectivity index (χ2v) is 6.18. The van der Waals surface area contributed by atoms with Crippen molar-refractivity contribution < 1.29 is 9.53 Å². The van der Waals surface area contributed by atoms with Crippen molar-refractivity contribution in [2.24, 2.45) is 5.92 Å². The number of hydrogen-bond acceptors (Lipinski definition) is 3. The van der Waals surface area contributed by atoms with Gasteiger partial charge in [-0.3, -0.25) is 9.78 Å². The number of carbonyl (C=O) groups excluding carboxylic acids is 1.